The van der Waals surface area contributed by atoms with Gasteiger partial charge < -0.3 is 49.2 Å². The number of aliphatic hydroxyl groups is 4. The number of piperazine rings is 1. The molecule has 0 radical (unpaired) electrons. The van der Waals surface area contributed by atoms with Crippen LogP contribution in [0.3, 0.4) is 0 Å². The molecule has 0 spiro atoms. The van der Waals surface area contributed by atoms with Gasteiger partial charge >= 0.3 is 0 Å². The van der Waals surface area contributed by atoms with Crippen molar-refractivity contribution in [3.63, 3.8) is 0 Å². The van der Waals surface area contributed by atoms with Crippen LogP contribution in [0.2, 0.25) is 10.2 Å². The lowest BCUT2D eigenvalue weighted by atomic mass is 9.95. The lowest BCUT2D eigenvalue weighted by molar-refractivity contribution is -0.908. The van der Waals surface area contributed by atoms with Crippen LogP contribution < -0.4 is 31.9 Å². The Morgan fingerprint density at radius 3 is 1.15 bits per heavy atom. The van der Waals surface area contributed by atoms with Crippen molar-refractivity contribution >= 4 is 149 Å². The lowest BCUT2D eigenvalue weighted by Gasteiger charge is -2.35. The van der Waals surface area contributed by atoms with E-state index in [0.717, 1.165) is 139 Å². The van der Waals surface area contributed by atoms with Gasteiger partial charge in [-0.3, -0.25) is 47.4 Å². The fourth-order valence-electron chi connectivity index (χ4n) is 18.9. The number of ether oxygens (including phenoxy) is 4. The van der Waals surface area contributed by atoms with Gasteiger partial charge in [-0.1, -0.05) is 132 Å². The SMILES string of the molecule is CC(=O)N1CCN(c2ccc(Cc3cc4c(=O)n([C@H]5CCOC[C@@H]5O)cnc4c4ccccc34)cc2)CC1.CSc1ncc(Cc2cc3c(=O)n([C@H]4CCOC[C@@H]4O)cnc3c3ccccc23)cc1Br.Cc1cc(Cc2cc3c(=O)n([C@H]4CCOC[C@@H]4O)cnc3c3ccccc23)cc[n+]1O.O=c1c2cc(Cc3cc(Cl)ncc3Cl)c3ccccc3c2ncn1[C@H]1CCOC[C@@H]1O. The van der Waals surface area contributed by atoms with Gasteiger partial charge in [0.15, 0.2) is 0 Å². The molecule has 5 saturated heterocycles. The van der Waals surface area contributed by atoms with E-state index in [4.69, 9.17) is 42.1 Å². The standard InChI is InChI=1S/C30H32N4O4.C24H22BrN3O3S.C24H24N3O4.C23H19Cl2N3O3/c1-20(35)32-11-13-33(14-12-32)23-8-6-21(7-9-23)16-22-17-26-29(25-5-3-2-4-24(22)25)31-19-34(30(26)37)27-10-15-38-18-28(27)36;1-32-23-19(25)9-14(11-26-23)8-15-10-18-22(17-5-3-2-4-16(15)17)27-13-28(24(18)30)20-6-7-31-12-21(20)29;1-15-10-16(6-8-27(15)30)11-17-12-20-23(19-5-3-2-4-18(17)19)25-14-26(24(20)29)21-7-9-31-13-22(21)28;24-18-10-26-21(25)9-14(18)7-13-8-17-22(16-4-2-1-3-15(13)16)27-12-28(23(17)30)19-5-6-31-11-20(19)29/h2-9,17,19,27-28,36H,10-16,18H2,1H3;2-5,9-11,13,20-21,29H,6-8,12H2,1H3;2-6,8,10,12,14,21-22,28,30H,7,9,11,13H2,1H3;1-4,8-10,12,19-20,29H,5-7,11H2/q;;+1;/t27-,28-;20-,21-;21-,22-;19-,20-/m0000/s1. The highest BCUT2D eigenvalue weighted by Gasteiger charge is 2.33. The van der Waals surface area contributed by atoms with Crippen molar-refractivity contribution in [2.45, 2.75) is 119 Å². The normalized spacial score (nSPS) is 19.4. The lowest BCUT2D eigenvalue weighted by Crippen LogP contribution is -2.48. The molecule has 5 fully saturated rings. The number of anilines is 1. The quantitative estimate of drug-likeness (QED) is 0.0222. The number of carbonyl (C=O) groups excluding carboxylic acids is 1. The van der Waals surface area contributed by atoms with Crippen LogP contribution in [-0.4, -0.2) is 194 Å². The summed E-state index contributed by atoms with van der Waals surface area (Å²) in [5.74, 6) is 0.133. The molecular weight excluding hydrogens is 1800 g/mol. The molecule has 676 valence electrons. The third kappa shape index (κ3) is 18.9. The zero-order chi connectivity index (χ0) is 91.5. The second-order valence-corrected chi connectivity index (χ2v) is 36.5. The zero-order valence-electron chi connectivity index (χ0n) is 72.7. The molecule has 27 nitrogen and oxygen atoms in total. The highest BCUT2D eigenvalue weighted by molar-refractivity contribution is 9.10. The summed E-state index contributed by atoms with van der Waals surface area (Å²) >= 11 is 17.6. The topological polar surface area (TPSA) is 331 Å². The van der Waals surface area contributed by atoms with Crippen LogP contribution in [-0.2, 0) is 49.4 Å². The molecule has 7 aromatic heterocycles. The molecule has 12 heterocycles. The summed E-state index contributed by atoms with van der Waals surface area (Å²) in [6.45, 7) is 9.52. The average Bonchev–Trinajstić information content (AvgIpc) is 0.762. The minimum atomic E-state index is -0.747. The molecule has 31 heteroatoms. The summed E-state index contributed by atoms with van der Waals surface area (Å²) < 4.78 is 29.6. The maximum absolute atomic E-state index is 13.6. The van der Waals surface area contributed by atoms with Crippen molar-refractivity contribution in [3.8, 4) is 0 Å². The van der Waals surface area contributed by atoms with E-state index in [-0.39, 0.29) is 78.7 Å². The van der Waals surface area contributed by atoms with E-state index in [1.54, 1.807) is 63.6 Å². The molecule has 21 rings (SSSR count). The third-order valence-electron chi connectivity index (χ3n) is 25.8. The number of fused-ring (bicyclic) bond motifs is 12. The van der Waals surface area contributed by atoms with Gasteiger partial charge in [0.05, 0.1) is 153 Å². The average molecular weight is 1900 g/mol. The summed E-state index contributed by atoms with van der Waals surface area (Å²) in [6.07, 6.45) is 15.0. The van der Waals surface area contributed by atoms with Gasteiger partial charge in [0, 0.05) is 123 Å². The number of aliphatic hydroxyl groups excluding tert-OH is 4. The van der Waals surface area contributed by atoms with E-state index in [9.17, 15) is 49.6 Å². The number of benzene rings is 9. The Morgan fingerprint density at radius 2 is 0.795 bits per heavy atom. The number of pyridine rings is 3. The van der Waals surface area contributed by atoms with Crippen LogP contribution in [0.25, 0.3) is 86.7 Å². The molecule has 1 amide bonds. The Kier molecular flexibility index (Phi) is 27.4. The molecule has 0 bridgehead atoms. The Hall–Kier alpha value is -11.8. The number of nitrogens with zero attached hydrogens (tertiary/aromatic N) is 13. The van der Waals surface area contributed by atoms with Crippen LogP contribution in [0.4, 0.5) is 5.69 Å². The molecule has 0 saturated carbocycles. The summed E-state index contributed by atoms with van der Waals surface area (Å²) in [6, 6.07) is 54.5. The summed E-state index contributed by atoms with van der Waals surface area (Å²) in [7, 11) is 0. The minimum absolute atomic E-state index is 0.131. The largest absolute Gasteiger partial charge is 0.389 e. The predicted molar refractivity (Wildman–Crippen MR) is 515 cm³/mol. The van der Waals surface area contributed by atoms with Crippen LogP contribution in [0.15, 0.2) is 242 Å². The van der Waals surface area contributed by atoms with E-state index in [1.807, 2.05) is 146 Å². The number of rotatable bonds is 14. The van der Waals surface area contributed by atoms with Crippen LogP contribution >= 0.6 is 50.9 Å². The number of amides is 1. The number of aryl methyl sites for hydroxylation is 1. The van der Waals surface area contributed by atoms with Crippen molar-refractivity contribution in [3.05, 3.63) is 320 Å². The fourth-order valence-corrected chi connectivity index (χ4v) is 20.6. The minimum Gasteiger partial charge on any atom is -0.389 e. The van der Waals surface area contributed by atoms with E-state index in [0.29, 0.717) is 132 Å². The van der Waals surface area contributed by atoms with Gasteiger partial charge in [0.25, 0.3) is 22.2 Å². The molecule has 0 unspecified atom stereocenters. The van der Waals surface area contributed by atoms with Gasteiger partial charge in [0.1, 0.15) is 10.2 Å². The third-order valence-corrected chi connectivity index (χ3v) is 28.0. The number of aromatic nitrogens is 11. The van der Waals surface area contributed by atoms with Crippen molar-refractivity contribution in [1.82, 2.24) is 53.1 Å². The van der Waals surface area contributed by atoms with E-state index < -0.39 is 24.4 Å². The van der Waals surface area contributed by atoms with Crippen molar-refractivity contribution in [2.24, 2.45) is 0 Å². The number of hydrogen-bond acceptors (Lipinski definition) is 22. The summed E-state index contributed by atoms with van der Waals surface area (Å²) in [5.41, 5.74) is 12.1. The van der Waals surface area contributed by atoms with Crippen molar-refractivity contribution < 1.29 is 54.1 Å². The van der Waals surface area contributed by atoms with Crippen LogP contribution in [0, 0.1) is 6.92 Å². The van der Waals surface area contributed by atoms with Gasteiger partial charge in [-0.2, -0.15) is 0 Å². The molecule has 5 aliphatic heterocycles. The highest BCUT2D eigenvalue weighted by Crippen LogP contribution is 2.37. The van der Waals surface area contributed by atoms with Gasteiger partial charge in [-0.05, 0) is 188 Å². The molecule has 16 aromatic rings. The predicted octanol–water partition coefficient (Wildman–Crippen LogP) is 13.9. The number of halogens is 3. The maximum Gasteiger partial charge on any atom is 0.261 e. The molecular formula is C101H97BrCl2N13O14S+. The monoisotopic (exact) mass is 1900 g/mol. The second kappa shape index (κ2) is 39.9. The smallest absolute Gasteiger partial charge is 0.261 e. The fraction of sp³-hybridized carbons (Fsp3) is 0.307. The van der Waals surface area contributed by atoms with Gasteiger partial charge in [-0.25, -0.2) is 29.9 Å². The van der Waals surface area contributed by atoms with E-state index in [2.05, 4.69) is 93.2 Å². The first kappa shape index (κ1) is 90.7. The van der Waals surface area contributed by atoms with Crippen LogP contribution in [0.1, 0.15) is 107 Å². The molecule has 5 N–H and O–H groups in total. The second-order valence-electron chi connectivity index (χ2n) is 34.1. The Bertz CT molecular complexity index is 7350. The summed E-state index contributed by atoms with van der Waals surface area (Å²) in [4.78, 5) is 97.0. The van der Waals surface area contributed by atoms with Gasteiger partial charge in [0.2, 0.25) is 17.8 Å². The molecule has 8 atom stereocenters. The Balaban J connectivity index is 0.000000118. The first-order valence-electron chi connectivity index (χ1n) is 44.1. The van der Waals surface area contributed by atoms with E-state index >= 15 is 0 Å². The first-order chi connectivity index (χ1) is 64.1. The maximum atomic E-state index is 13.6. The van der Waals surface area contributed by atoms with Gasteiger partial charge in [-0.15, -0.1) is 11.8 Å². The molecule has 0 aliphatic carbocycles. The number of carbonyl (C=O) groups is 1. The number of hydrogen-bond donors (Lipinski definition) is 5. The summed E-state index contributed by atoms with van der Waals surface area (Å²) in [5, 5.41) is 63.2. The highest BCUT2D eigenvalue weighted by atomic mass is 79.9. The first-order valence-corrected chi connectivity index (χ1v) is 46.9. The molecule has 132 heavy (non-hydrogen) atoms. The molecule has 9 aromatic carbocycles. The van der Waals surface area contributed by atoms with Crippen LogP contribution in [0.5, 0.6) is 0 Å². The van der Waals surface area contributed by atoms with Crippen molar-refractivity contribution in [2.75, 3.05) is 90.2 Å². The Labute approximate surface area is 780 Å². The Morgan fingerprint density at radius 1 is 0.432 bits per heavy atom. The number of thioether (sulfide) groups is 1. The zero-order valence-corrected chi connectivity index (χ0v) is 76.6. The van der Waals surface area contributed by atoms with E-state index in [1.165, 1.54) is 17.1 Å². The molecule has 5 aliphatic rings. The van der Waals surface area contributed by atoms with Crippen molar-refractivity contribution in [1.29, 1.82) is 0 Å².